The molecule has 2 fully saturated rings. The van der Waals surface area contributed by atoms with Gasteiger partial charge in [0.05, 0.1) is 11.7 Å². The molecule has 8 nitrogen and oxygen atoms in total. The van der Waals surface area contributed by atoms with E-state index < -0.39 is 11.9 Å². The van der Waals surface area contributed by atoms with Gasteiger partial charge in [-0.25, -0.2) is 0 Å². The van der Waals surface area contributed by atoms with Gasteiger partial charge in [-0.3, -0.25) is 29.5 Å². The Labute approximate surface area is 198 Å². The van der Waals surface area contributed by atoms with Gasteiger partial charge in [-0.1, -0.05) is 25.3 Å². The number of nitrogens with zero attached hydrogens (tertiary/aromatic N) is 2. The second kappa shape index (κ2) is 9.37. The molecule has 4 amide bonds. The summed E-state index contributed by atoms with van der Waals surface area (Å²) in [4.78, 5) is 56.0. The van der Waals surface area contributed by atoms with E-state index in [0.29, 0.717) is 23.5 Å². The molecule has 5 rings (SSSR count). The van der Waals surface area contributed by atoms with Gasteiger partial charge in [0.15, 0.2) is 0 Å². The summed E-state index contributed by atoms with van der Waals surface area (Å²) in [5, 5.41) is 5.52. The second-order valence-electron chi connectivity index (χ2n) is 9.38. The SMILES string of the molecule is O=C1CCC(N2Cc3cc(C(=O)N[C@@H](c4ccccn4)C4CCCCC4)ccc3C2=O)C(=O)N1. The standard InChI is InChI=1S/C26H28N4O4/c31-22-12-11-21(25(33)28-22)30-15-18-14-17(9-10-19(18)26(30)34)24(32)29-23(16-6-2-1-3-7-16)20-8-4-5-13-27-20/h4-5,8-10,13-14,16,21,23H,1-3,6-7,11-12,15H2,(H,29,32)(H,28,31,33)/t21?,23-/m1/s1. The monoisotopic (exact) mass is 460 g/mol. The van der Waals surface area contributed by atoms with Gasteiger partial charge in [0, 0.05) is 30.3 Å². The van der Waals surface area contributed by atoms with E-state index in [9.17, 15) is 19.2 Å². The van der Waals surface area contributed by atoms with Crippen molar-refractivity contribution in [2.45, 2.75) is 63.6 Å². The van der Waals surface area contributed by atoms with Crippen molar-refractivity contribution in [3.8, 4) is 0 Å². The van der Waals surface area contributed by atoms with Gasteiger partial charge in [0.1, 0.15) is 6.04 Å². The molecule has 0 radical (unpaired) electrons. The Balaban J connectivity index is 1.34. The first-order chi connectivity index (χ1) is 16.5. The van der Waals surface area contributed by atoms with Crippen LogP contribution in [0.2, 0.25) is 0 Å². The van der Waals surface area contributed by atoms with Crippen molar-refractivity contribution in [3.05, 3.63) is 65.0 Å². The highest BCUT2D eigenvalue weighted by Gasteiger charge is 2.39. The van der Waals surface area contributed by atoms with Crippen LogP contribution in [0.3, 0.4) is 0 Å². The van der Waals surface area contributed by atoms with Gasteiger partial charge < -0.3 is 10.2 Å². The molecule has 0 spiro atoms. The maximum absolute atomic E-state index is 13.3. The molecule has 1 saturated carbocycles. The number of amides is 4. The lowest BCUT2D eigenvalue weighted by molar-refractivity contribution is -0.136. The normalized spacial score (nSPS) is 21.7. The number of nitrogens with one attached hydrogen (secondary N) is 2. The van der Waals surface area contributed by atoms with Crippen LogP contribution in [0.4, 0.5) is 0 Å². The fraction of sp³-hybridized carbons (Fsp3) is 0.423. The van der Waals surface area contributed by atoms with Crippen molar-refractivity contribution in [1.29, 1.82) is 0 Å². The molecule has 1 saturated heterocycles. The molecule has 1 aliphatic carbocycles. The number of imide groups is 1. The predicted octanol–water partition coefficient (Wildman–Crippen LogP) is 2.89. The number of piperidine rings is 1. The minimum atomic E-state index is -0.672. The summed E-state index contributed by atoms with van der Waals surface area (Å²) in [5.74, 6) is -0.863. The van der Waals surface area contributed by atoms with E-state index in [0.717, 1.165) is 36.9 Å². The Morgan fingerprint density at radius 2 is 1.88 bits per heavy atom. The van der Waals surface area contributed by atoms with Crippen molar-refractivity contribution in [2.24, 2.45) is 5.92 Å². The second-order valence-corrected chi connectivity index (χ2v) is 9.38. The summed E-state index contributed by atoms with van der Waals surface area (Å²) in [6.45, 7) is 0.244. The van der Waals surface area contributed by atoms with E-state index in [1.165, 1.54) is 11.3 Å². The summed E-state index contributed by atoms with van der Waals surface area (Å²) in [5.41, 5.74) is 2.56. The van der Waals surface area contributed by atoms with Crippen LogP contribution in [-0.4, -0.2) is 39.6 Å². The molecule has 1 aromatic heterocycles. The molecule has 2 aromatic rings. The fourth-order valence-corrected chi connectivity index (χ4v) is 5.40. The maximum atomic E-state index is 13.3. The number of carbonyl (C=O) groups excluding carboxylic acids is 4. The smallest absolute Gasteiger partial charge is 0.255 e. The molecule has 2 aliphatic heterocycles. The summed E-state index contributed by atoms with van der Waals surface area (Å²) in [6.07, 6.45) is 7.92. The highest BCUT2D eigenvalue weighted by Crippen LogP contribution is 2.34. The zero-order valence-electron chi connectivity index (χ0n) is 19.0. The third-order valence-electron chi connectivity index (χ3n) is 7.20. The van der Waals surface area contributed by atoms with Gasteiger partial charge >= 0.3 is 0 Å². The summed E-state index contributed by atoms with van der Waals surface area (Å²) < 4.78 is 0. The number of carbonyl (C=O) groups is 4. The number of pyridine rings is 1. The number of hydrogen-bond donors (Lipinski definition) is 2. The first-order valence-electron chi connectivity index (χ1n) is 12.0. The van der Waals surface area contributed by atoms with Crippen LogP contribution >= 0.6 is 0 Å². The Morgan fingerprint density at radius 1 is 1.06 bits per heavy atom. The van der Waals surface area contributed by atoms with Gasteiger partial charge in [-0.2, -0.15) is 0 Å². The molecule has 1 unspecified atom stereocenters. The largest absolute Gasteiger partial charge is 0.343 e. The Bertz CT molecular complexity index is 1130. The van der Waals surface area contributed by atoms with Crippen LogP contribution in [0.5, 0.6) is 0 Å². The molecule has 176 valence electrons. The Hall–Kier alpha value is -3.55. The average molecular weight is 461 g/mol. The van der Waals surface area contributed by atoms with Crippen LogP contribution < -0.4 is 10.6 Å². The third kappa shape index (κ3) is 4.32. The van der Waals surface area contributed by atoms with Crippen LogP contribution in [0, 0.1) is 5.92 Å². The summed E-state index contributed by atoms with van der Waals surface area (Å²) in [6, 6.07) is 10.00. The van der Waals surface area contributed by atoms with Crippen LogP contribution in [0.25, 0.3) is 0 Å². The highest BCUT2D eigenvalue weighted by molar-refractivity contribution is 6.06. The predicted molar refractivity (Wildman–Crippen MR) is 124 cm³/mol. The zero-order valence-corrected chi connectivity index (χ0v) is 19.0. The van der Waals surface area contributed by atoms with Crippen molar-refractivity contribution in [2.75, 3.05) is 0 Å². The molecular formula is C26H28N4O4. The quantitative estimate of drug-likeness (QED) is 0.667. The van der Waals surface area contributed by atoms with Gasteiger partial charge in [-0.15, -0.1) is 0 Å². The number of aromatic nitrogens is 1. The topological polar surface area (TPSA) is 108 Å². The molecule has 0 bridgehead atoms. The number of hydrogen-bond acceptors (Lipinski definition) is 5. The first-order valence-corrected chi connectivity index (χ1v) is 12.0. The van der Waals surface area contributed by atoms with Crippen molar-refractivity contribution >= 4 is 23.6 Å². The molecule has 2 atom stereocenters. The molecule has 8 heteroatoms. The lowest BCUT2D eigenvalue weighted by atomic mass is 9.82. The zero-order chi connectivity index (χ0) is 23.7. The van der Waals surface area contributed by atoms with Crippen molar-refractivity contribution in [3.63, 3.8) is 0 Å². The van der Waals surface area contributed by atoms with Crippen molar-refractivity contribution < 1.29 is 19.2 Å². The number of benzene rings is 1. The van der Waals surface area contributed by atoms with Crippen LogP contribution in [0.1, 0.15) is 83.0 Å². The minimum Gasteiger partial charge on any atom is -0.343 e. The van der Waals surface area contributed by atoms with E-state index in [1.807, 2.05) is 18.2 Å². The number of fused-ring (bicyclic) bond motifs is 1. The molecule has 3 aliphatic rings. The summed E-state index contributed by atoms with van der Waals surface area (Å²) >= 11 is 0. The van der Waals surface area contributed by atoms with E-state index in [-0.39, 0.29) is 36.7 Å². The Morgan fingerprint density at radius 3 is 2.62 bits per heavy atom. The van der Waals surface area contributed by atoms with Gasteiger partial charge in [0.25, 0.3) is 11.8 Å². The number of rotatable bonds is 5. The molecule has 3 heterocycles. The maximum Gasteiger partial charge on any atom is 0.255 e. The van der Waals surface area contributed by atoms with E-state index in [4.69, 9.17) is 0 Å². The van der Waals surface area contributed by atoms with Crippen LogP contribution in [-0.2, 0) is 16.1 Å². The molecule has 34 heavy (non-hydrogen) atoms. The van der Waals surface area contributed by atoms with E-state index in [2.05, 4.69) is 15.6 Å². The lowest BCUT2D eigenvalue weighted by Gasteiger charge is -2.30. The average Bonchev–Trinajstić information content (AvgIpc) is 3.19. The van der Waals surface area contributed by atoms with Crippen LogP contribution in [0.15, 0.2) is 42.6 Å². The summed E-state index contributed by atoms with van der Waals surface area (Å²) in [7, 11) is 0. The van der Waals surface area contributed by atoms with E-state index >= 15 is 0 Å². The third-order valence-corrected chi connectivity index (χ3v) is 7.20. The molecule has 2 N–H and O–H groups in total. The molecular weight excluding hydrogens is 432 g/mol. The van der Waals surface area contributed by atoms with Gasteiger partial charge in [0.2, 0.25) is 11.8 Å². The Kier molecular flexibility index (Phi) is 6.13. The van der Waals surface area contributed by atoms with E-state index in [1.54, 1.807) is 24.4 Å². The molecule has 1 aromatic carbocycles. The first kappa shape index (κ1) is 22.3. The highest BCUT2D eigenvalue weighted by atomic mass is 16.2. The van der Waals surface area contributed by atoms with Gasteiger partial charge in [-0.05, 0) is 61.1 Å². The van der Waals surface area contributed by atoms with Crippen molar-refractivity contribution in [1.82, 2.24) is 20.5 Å². The fourth-order valence-electron chi connectivity index (χ4n) is 5.40. The lowest BCUT2D eigenvalue weighted by Crippen LogP contribution is -2.52. The minimum absolute atomic E-state index is 0.163.